The number of hydrogen-bond donors (Lipinski definition) is 4. The van der Waals surface area contributed by atoms with E-state index in [9.17, 15) is 21.6 Å². The average Bonchev–Trinajstić information content (AvgIpc) is 2.99. The van der Waals surface area contributed by atoms with E-state index in [1.165, 1.54) is 12.1 Å². The maximum Gasteiger partial charge on any atom is 0.508 e. The fraction of sp³-hybridized carbons (Fsp3) is 0.138. The minimum atomic E-state index is -4.05. The SMILES string of the molecule is O=C(OCC(Nc1ccccc1)NS(=O)(=O)c1ccccc1Br)OCC(Nc1ccccc1)NS(=O)(=O)c1ccccc1Br. The standard InChI is InChI=1S/C29H28Br2N4O7S2/c30-23-15-7-9-17-25(23)43(37,38)34-27(32-21-11-3-1-4-12-21)19-41-29(36)42-20-28(33-22-13-5-2-6-14-22)35-44(39,40)26-18-10-8-16-24(26)31/h1-18,27-28,32-35H,19-20H2. The Morgan fingerprint density at radius 2 is 0.909 bits per heavy atom. The molecule has 0 heterocycles. The first-order valence-corrected chi connectivity index (χ1v) is 17.6. The van der Waals surface area contributed by atoms with E-state index in [0.29, 0.717) is 20.3 Å². The van der Waals surface area contributed by atoms with E-state index in [4.69, 9.17) is 9.47 Å². The van der Waals surface area contributed by atoms with Gasteiger partial charge in [0.15, 0.2) is 0 Å². The number of carbonyl (C=O) groups is 1. The van der Waals surface area contributed by atoms with Crippen molar-refractivity contribution in [2.75, 3.05) is 23.8 Å². The summed E-state index contributed by atoms with van der Waals surface area (Å²) in [7, 11) is -8.10. The van der Waals surface area contributed by atoms with Crippen molar-refractivity contribution < 1.29 is 31.1 Å². The molecule has 4 aromatic carbocycles. The predicted octanol–water partition coefficient (Wildman–Crippen LogP) is 5.50. The highest BCUT2D eigenvalue weighted by molar-refractivity contribution is 9.10. The number of benzene rings is 4. The average molecular weight is 769 g/mol. The van der Waals surface area contributed by atoms with Crippen LogP contribution in [0.3, 0.4) is 0 Å². The Labute approximate surface area is 272 Å². The van der Waals surface area contributed by atoms with Gasteiger partial charge in [0.25, 0.3) is 0 Å². The summed E-state index contributed by atoms with van der Waals surface area (Å²) in [6.07, 6.45) is -3.33. The van der Waals surface area contributed by atoms with E-state index in [1.807, 2.05) is 0 Å². The second kappa shape index (κ2) is 15.5. The molecule has 0 spiro atoms. The molecule has 0 aliphatic carbocycles. The highest BCUT2D eigenvalue weighted by Gasteiger charge is 2.26. The van der Waals surface area contributed by atoms with Crippen LogP contribution in [0.15, 0.2) is 128 Å². The van der Waals surface area contributed by atoms with Gasteiger partial charge < -0.3 is 20.1 Å². The Hall–Kier alpha value is -3.47. The van der Waals surface area contributed by atoms with Crippen molar-refractivity contribution in [3.63, 3.8) is 0 Å². The first kappa shape index (κ1) is 33.4. The second-order valence-electron chi connectivity index (χ2n) is 9.10. The van der Waals surface area contributed by atoms with Gasteiger partial charge in [-0.3, -0.25) is 0 Å². The van der Waals surface area contributed by atoms with Crippen molar-refractivity contribution in [1.82, 2.24) is 9.44 Å². The van der Waals surface area contributed by atoms with Gasteiger partial charge in [0.1, 0.15) is 25.5 Å². The molecule has 2 atom stereocenters. The lowest BCUT2D eigenvalue weighted by molar-refractivity contribution is 0.0485. The number of halogens is 2. The molecule has 0 aliphatic heterocycles. The summed E-state index contributed by atoms with van der Waals surface area (Å²) < 4.78 is 68.7. The van der Waals surface area contributed by atoms with Crippen molar-refractivity contribution in [3.05, 3.63) is 118 Å². The van der Waals surface area contributed by atoms with Crippen LogP contribution in [0, 0.1) is 0 Å². The molecule has 2 unspecified atom stereocenters. The van der Waals surface area contributed by atoms with Crippen molar-refractivity contribution in [2.45, 2.75) is 22.1 Å². The molecule has 0 saturated heterocycles. The largest absolute Gasteiger partial charge is 0.508 e. The highest BCUT2D eigenvalue weighted by atomic mass is 79.9. The molecule has 4 rings (SSSR count). The van der Waals surface area contributed by atoms with Gasteiger partial charge >= 0.3 is 6.16 Å². The quantitative estimate of drug-likeness (QED) is 0.0964. The molecule has 0 bridgehead atoms. The van der Waals surface area contributed by atoms with Crippen molar-refractivity contribution in [2.24, 2.45) is 0 Å². The first-order valence-electron chi connectivity index (χ1n) is 13.0. The topological polar surface area (TPSA) is 152 Å². The van der Waals surface area contributed by atoms with Crippen molar-refractivity contribution in [3.8, 4) is 0 Å². The summed E-state index contributed by atoms with van der Waals surface area (Å²) in [4.78, 5) is 12.7. The zero-order valence-corrected chi connectivity index (χ0v) is 27.7. The number of hydrogen-bond acceptors (Lipinski definition) is 9. The maximum atomic E-state index is 13.1. The Morgan fingerprint density at radius 3 is 1.27 bits per heavy atom. The first-order chi connectivity index (χ1) is 21.0. The monoisotopic (exact) mass is 766 g/mol. The third-order valence-electron chi connectivity index (χ3n) is 5.81. The summed E-state index contributed by atoms with van der Waals surface area (Å²) in [5, 5.41) is 5.97. The molecule has 44 heavy (non-hydrogen) atoms. The lowest BCUT2D eigenvalue weighted by Crippen LogP contribution is -2.45. The van der Waals surface area contributed by atoms with Gasteiger partial charge in [-0.05, 0) is 80.4 Å². The molecule has 4 N–H and O–H groups in total. The molecule has 11 nitrogen and oxygen atoms in total. The molecule has 0 amide bonds. The molecule has 0 aromatic heterocycles. The van der Waals surface area contributed by atoms with Gasteiger partial charge in [0, 0.05) is 20.3 Å². The molecule has 0 fully saturated rings. The number of rotatable bonds is 14. The van der Waals surface area contributed by atoms with Crippen LogP contribution in [0.5, 0.6) is 0 Å². The van der Waals surface area contributed by atoms with E-state index >= 15 is 0 Å². The van der Waals surface area contributed by atoms with Crippen molar-refractivity contribution in [1.29, 1.82) is 0 Å². The molecular formula is C29H28Br2N4O7S2. The lowest BCUT2D eigenvalue weighted by atomic mass is 10.3. The van der Waals surface area contributed by atoms with Crippen LogP contribution in [0.1, 0.15) is 0 Å². The number of para-hydroxylation sites is 2. The van der Waals surface area contributed by atoms with Gasteiger partial charge in [-0.25, -0.2) is 21.6 Å². The number of sulfonamides is 2. The van der Waals surface area contributed by atoms with Crippen LogP contribution in [-0.2, 0) is 29.5 Å². The zero-order chi connectivity index (χ0) is 31.6. The Kier molecular flexibility index (Phi) is 11.8. The van der Waals surface area contributed by atoms with Crippen LogP contribution in [0.2, 0.25) is 0 Å². The van der Waals surface area contributed by atoms with E-state index in [2.05, 4.69) is 51.9 Å². The Bertz CT molecular complexity index is 1640. The molecule has 0 radical (unpaired) electrons. The van der Waals surface area contributed by atoms with E-state index in [0.717, 1.165) is 0 Å². The van der Waals surface area contributed by atoms with Gasteiger partial charge in [-0.1, -0.05) is 60.7 Å². The van der Waals surface area contributed by atoms with Crippen LogP contribution in [0.4, 0.5) is 16.2 Å². The summed E-state index contributed by atoms with van der Waals surface area (Å²) in [6.45, 7) is -0.923. The number of carbonyl (C=O) groups excluding carboxylic acids is 1. The fourth-order valence-electron chi connectivity index (χ4n) is 3.85. The van der Waals surface area contributed by atoms with Gasteiger partial charge in [0.05, 0.1) is 9.79 Å². The molecule has 0 saturated carbocycles. The number of nitrogens with one attached hydrogen (secondary N) is 4. The van der Waals surface area contributed by atoms with E-state index in [1.54, 1.807) is 97.1 Å². The van der Waals surface area contributed by atoms with Gasteiger partial charge in [-0.15, -0.1) is 0 Å². The van der Waals surface area contributed by atoms with Crippen LogP contribution in [-0.4, -0.2) is 48.5 Å². The molecule has 15 heteroatoms. The summed E-state index contributed by atoms with van der Waals surface area (Å²) in [6, 6.07) is 30.0. The third kappa shape index (κ3) is 9.77. The molecular weight excluding hydrogens is 740 g/mol. The minimum absolute atomic E-state index is 0.00500. The van der Waals surface area contributed by atoms with Gasteiger partial charge in [-0.2, -0.15) is 9.44 Å². The summed E-state index contributed by atoms with van der Waals surface area (Å²) in [5.41, 5.74) is 1.13. The normalized spacial score (nSPS) is 13.0. The summed E-state index contributed by atoms with van der Waals surface area (Å²) in [5.74, 6) is 0. The molecule has 0 aliphatic rings. The molecule has 232 valence electrons. The maximum absolute atomic E-state index is 13.1. The van der Waals surface area contributed by atoms with Crippen LogP contribution < -0.4 is 20.1 Å². The van der Waals surface area contributed by atoms with E-state index in [-0.39, 0.29) is 9.79 Å². The van der Waals surface area contributed by atoms with Crippen LogP contribution in [0.25, 0.3) is 0 Å². The Morgan fingerprint density at radius 1 is 0.568 bits per heavy atom. The number of anilines is 2. The highest BCUT2D eigenvalue weighted by Crippen LogP contribution is 2.23. The zero-order valence-electron chi connectivity index (χ0n) is 22.9. The smallest absolute Gasteiger partial charge is 0.431 e. The fourth-order valence-corrected chi connectivity index (χ4v) is 8.12. The van der Waals surface area contributed by atoms with Crippen molar-refractivity contribution >= 4 is 69.4 Å². The Balaban J connectivity index is 1.44. The van der Waals surface area contributed by atoms with E-state index < -0.39 is 51.7 Å². The second-order valence-corrected chi connectivity index (χ2v) is 14.2. The number of ether oxygens (including phenoxy) is 2. The third-order valence-corrected chi connectivity index (χ3v) is 10.8. The van der Waals surface area contributed by atoms with Crippen LogP contribution >= 0.6 is 31.9 Å². The minimum Gasteiger partial charge on any atom is -0.431 e. The lowest BCUT2D eigenvalue weighted by Gasteiger charge is -2.23. The van der Waals surface area contributed by atoms with Gasteiger partial charge in [0.2, 0.25) is 20.0 Å². The predicted molar refractivity (Wildman–Crippen MR) is 174 cm³/mol. The molecule has 4 aromatic rings. The summed E-state index contributed by atoms with van der Waals surface area (Å²) >= 11 is 6.49.